The highest BCUT2D eigenvalue weighted by molar-refractivity contribution is 8.00. The van der Waals surface area contributed by atoms with Crippen LogP contribution in [0.3, 0.4) is 0 Å². The standard InChI is InChI=1S/C29H32N2O5S/c1-30(15-16-34-22-12-13-25-26(18-22)36-19-35-25)14-6-7-20-10-11-21(33-3)17-23(20)28-29(32)31(2)24-8-4-5-9-27(24)37-28/h4-5,8-13,17-18,28H,6-7,14-16,19H2,1-3H3/t28-/m1/s1. The maximum absolute atomic E-state index is 13.3. The topological polar surface area (TPSA) is 60.5 Å². The van der Waals surface area contributed by atoms with Crippen molar-refractivity contribution in [2.24, 2.45) is 0 Å². The van der Waals surface area contributed by atoms with Crippen LogP contribution in [0.25, 0.3) is 0 Å². The molecular formula is C29H32N2O5S. The number of para-hydroxylation sites is 1. The highest BCUT2D eigenvalue weighted by Crippen LogP contribution is 2.47. The van der Waals surface area contributed by atoms with Crippen LogP contribution in [0.15, 0.2) is 65.6 Å². The number of aryl methyl sites for hydroxylation is 1. The lowest BCUT2D eigenvalue weighted by atomic mass is 9.98. The van der Waals surface area contributed by atoms with Crippen LogP contribution in [0.1, 0.15) is 22.8 Å². The zero-order chi connectivity index (χ0) is 25.8. The van der Waals surface area contributed by atoms with Crippen LogP contribution in [0.5, 0.6) is 23.0 Å². The molecule has 0 saturated carbocycles. The molecule has 3 aromatic carbocycles. The lowest BCUT2D eigenvalue weighted by molar-refractivity contribution is -0.118. The SMILES string of the molecule is COc1ccc(CCCN(C)CCOc2ccc3c(c2)OCO3)c([C@H]2Sc3ccccc3N(C)C2=O)c1. The van der Waals surface area contributed by atoms with Gasteiger partial charge in [-0.25, -0.2) is 0 Å². The summed E-state index contributed by atoms with van der Waals surface area (Å²) >= 11 is 1.62. The number of methoxy groups -OCH3 is 1. The summed E-state index contributed by atoms with van der Waals surface area (Å²) in [4.78, 5) is 18.5. The van der Waals surface area contributed by atoms with Gasteiger partial charge in [0.1, 0.15) is 23.4 Å². The van der Waals surface area contributed by atoms with E-state index < -0.39 is 0 Å². The number of fused-ring (bicyclic) bond motifs is 2. The molecule has 0 bridgehead atoms. The molecule has 0 unspecified atom stereocenters. The van der Waals surface area contributed by atoms with Crippen molar-refractivity contribution in [2.45, 2.75) is 23.0 Å². The summed E-state index contributed by atoms with van der Waals surface area (Å²) in [5.74, 6) is 3.13. The van der Waals surface area contributed by atoms with E-state index in [1.807, 2.05) is 55.6 Å². The van der Waals surface area contributed by atoms with Crippen molar-refractivity contribution in [3.8, 4) is 23.0 Å². The average Bonchev–Trinajstić information content (AvgIpc) is 3.39. The van der Waals surface area contributed by atoms with Gasteiger partial charge < -0.3 is 28.7 Å². The molecule has 37 heavy (non-hydrogen) atoms. The summed E-state index contributed by atoms with van der Waals surface area (Å²) in [5, 5.41) is -0.294. The summed E-state index contributed by atoms with van der Waals surface area (Å²) in [6.07, 6.45) is 1.85. The minimum Gasteiger partial charge on any atom is -0.497 e. The predicted octanol–water partition coefficient (Wildman–Crippen LogP) is 5.18. The first-order chi connectivity index (χ1) is 18.0. The minimum atomic E-state index is -0.294. The van der Waals surface area contributed by atoms with Gasteiger partial charge in [0.2, 0.25) is 12.7 Å². The van der Waals surface area contributed by atoms with Crippen LogP contribution in [0.2, 0.25) is 0 Å². The number of hydrogen-bond donors (Lipinski definition) is 0. The largest absolute Gasteiger partial charge is 0.497 e. The molecule has 7 nitrogen and oxygen atoms in total. The van der Waals surface area contributed by atoms with E-state index in [1.165, 1.54) is 5.56 Å². The van der Waals surface area contributed by atoms with Gasteiger partial charge in [-0.15, -0.1) is 11.8 Å². The second-order valence-corrected chi connectivity index (χ2v) is 10.3. The average molecular weight is 521 g/mol. The normalized spacial score (nSPS) is 16.2. The van der Waals surface area contributed by atoms with Crippen LogP contribution in [-0.2, 0) is 11.2 Å². The quantitative estimate of drug-likeness (QED) is 0.365. The number of likely N-dealkylation sites (N-methyl/N-ethyl adjacent to an activating group) is 2. The molecule has 5 rings (SSSR count). The van der Waals surface area contributed by atoms with Crippen LogP contribution < -0.4 is 23.8 Å². The lowest BCUT2D eigenvalue weighted by Crippen LogP contribution is -2.34. The highest BCUT2D eigenvalue weighted by Gasteiger charge is 2.34. The Morgan fingerprint density at radius 1 is 1.03 bits per heavy atom. The van der Waals surface area contributed by atoms with E-state index in [-0.39, 0.29) is 18.0 Å². The van der Waals surface area contributed by atoms with Gasteiger partial charge >= 0.3 is 0 Å². The zero-order valence-corrected chi connectivity index (χ0v) is 22.3. The molecule has 0 spiro atoms. The van der Waals surface area contributed by atoms with Gasteiger partial charge in [0.25, 0.3) is 0 Å². The van der Waals surface area contributed by atoms with Gasteiger partial charge in [-0.3, -0.25) is 4.79 Å². The van der Waals surface area contributed by atoms with Gasteiger partial charge in [-0.1, -0.05) is 18.2 Å². The Balaban J connectivity index is 1.18. The van der Waals surface area contributed by atoms with Crippen LogP contribution >= 0.6 is 11.8 Å². The smallest absolute Gasteiger partial charge is 0.244 e. The Kier molecular flexibility index (Phi) is 7.76. The molecule has 0 aliphatic carbocycles. The van der Waals surface area contributed by atoms with Crippen LogP contribution in [-0.4, -0.2) is 58.5 Å². The molecule has 1 atom stereocenters. The third kappa shape index (κ3) is 5.65. The Morgan fingerprint density at radius 2 is 1.84 bits per heavy atom. The highest BCUT2D eigenvalue weighted by atomic mass is 32.2. The monoisotopic (exact) mass is 520 g/mol. The van der Waals surface area contributed by atoms with E-state index in [1.54, 1.807) is 23.8 Å². The van der Waals surface area contributed by atoms with Crippen LogP contribution in [0, 0.1) is 0 Å². The van der Waals surface area contributed by atoms with Gasteiger partial charge in [-0.05, 0) is 74.0 Å². The Morgan fingerprint density at radius 3 is 2.70 bits per heavy atom. The number of anilines is 1. The summed E-state index contributed by atoms with van der Waals surface area (Å²) in [7, 11) is 5.62. The van der Waals surface area contributed by atoms with E-state index in [9.17, 15) is 4.79 Å². The van der Waals surface area contributed by atoms with E-state index in [0.717, 1.165) is 65.1 Å². The molecule has 0 aromatic heterocycles. The number of nitrogens with zero attached hydrogens (tertiary/aromatic N) is 2. The van der Waals surface area contributed by atoms with E-state index >= 15 is 0 Å². The molecular weight excluding hydrogens is 488 g/mol. The number of ether oxygens (including phenoxy) is 4. The van der Waals surface area contributed by atoms with Crippen molar-refractivity contribution >= 4 is 23.4 Å². The van der Waals surface area contributed by atoms with Crippen molar-refractivity contribution in [1.82, 2.24) is 4.90 Å². The fourth-order valence-electron chi connectivity index (χ4n) is 4.61. The molecule has 194 valence electrons. The first kappa shape index (κ1) is 25.3. The molecule has 0 N–H and O–H groups in total. The fourth-order valence-corrected chi connectivity index (χ4v) is 5.95. The van der Waals surface area contributed by atoms with E-state index in [2.05, 4.69) is 24.1 Å². The Labute approximate surface area is 222 Å². The fraction of sp³-hybridized carbons (Fsp3) is 0.345. The summed E-state index contributed by atoms with van der Waals surface area (Å²) in [6, 6.07) is 19.8. The van der Waals surface area contributed by atoms with Crippen molar-refractivity contribution in [2.75, 3.05) is 52.6 Å². The number of carbonyl (C=O) groups is 1. The molecule has 2 heterocycles. The maximum atomic E-state index is 13.3. The molecule has 1 amide bonds. The molecule has 0 saturated heterocycles. The number of thioether (sulfide) groups is 1. The second kappa shape index (κ2) is 11.4. The summed E-state index contributed by atoms with van der Waals surface area (Å²) in [6.45, 7) is 2.57. The summed E-state index contributed by atoms with van der Waals surface area (Å²) < 4.78 is 22.2. The van der Waals surface area contributed by atoms with E-state index in [4.69, 9.17) is 18.9 Å². The predicted molar refractivity (Wildman–Crippen MR) is 145 cm³/mol. The van der Waals surface area contributed by atoms with Gasteiger partial charge in [0.15, 0.2) is 11.5 Å². The third-order valence-electron chi connectivity index (χ3n) is 6.73. The molecule has 3 aromatic rings. The first-order valence-electron chi connectivity index (χ1n) is 12.4. The van der Waals surface area contributed by atoms with Crippen molar-refractivity contribution in [3.63, 3.8) is 0 Å². The third-order valence-corrected chi connectivity index (χ3v) is 8.02. The van der Waals surface area contributed by atoms with Gasteiger partial charge in [-0.2, -0.15) is 0 Å². The van der Waals surface area contributed by atoms with Gasteiger partial charge in [0.05, 0.1) is 12.8 Å². The second-order valence-electron chi connectivity index (χ2n) is 9.20. The maximum Gasteiger partial charge on any atom is 0.244 e. The number of amides is 1. The Hall–Kier alpha value is -3.36. The molecule has 2 aliphatic heterocycles. The van der Waals surface area contributed by atoms with Crippen molar-refractivity contribution < 1.29 is 23.7 Å². The van der Waals surface area contributed by atoms with E-state index in [0.29, 0.717) is 6.61 Å². The number of hydrogen-bond acceptors (Lipinski definition) is 7. The molecule has 0 radical (unpaired) electrons. The molecule has 2 aliphatic rings. The first-order valence-corrected chi connectivity index (χ1v) is 13.3. The number of carbonyl (C=O) groups excluding carboxylic acids is 1. The summed E-state index contributed by atoms with van der Waals surface area (Å²) in [5.41, 5.74) is 3.18. The lowest BCUT2D eigenvalue weighted by Gasteiger charge is -2.32. The van der Waals surface area contributed by atoms with Gasteiger partial charge in [0, 0.05) is 24.6 Å². The van der Waals surface area contributed by atoms with Crippen molar-refractivity contribution in [3.05, 3.63) is 71.8 Å². The zero-order valence-electron chi connectivity index (χ0n) is 21.4. The minimum absolute atomic E-state index is 0.0935. The van der Waals surface area contributed by atoms with Crippen molar-refractivity contribution in [1.29, 1.82) is 0 Å². The number of rotatable bonds is 10. The molecule has 0 fully saturated rings. The Bertz CT molecular complexity index is 1270. The molecule has 8 heteroatoms. The van der Waals surface area contributed by atoms with Crippen LogP contribution in [0.4, 0.5) is 5.69 Å². The number of benzene rings is 3.